The van der Waals surface area contributed by atoms with Crippen molar-refractivity contribution in [2.75, 3.05) is 13.7 Å². The lowest BCUT2D eigenvalue weighted by molar-refractivity contribution is -0.134. The van der Waals surface area contributed by atoms with Crippen LogP contribution in [0.25, 0.3) is 11.3 Å². The van der Waals surface area contributed by atoms with E-state index >= 15 is 0 Å². The van der Waals surface area contributed by atoms with E-state index in [4.69, 9.17) is 4.74 Å². The van der Waals surface area contributed by atoms with Crippen molar-refractivity contribution in [1.29, 1.82) is 0 Å². The zero-order valence-electron chi connectivity index (χ0n) is 30.5. The van der Waals surface area contributed by atoms with Gasteiger partial charge in [0.1, 0.15) is 11.8 Å². The van der Waals surface area contributed by atoms with Gasteiger partial charge in [0.15, 0.2) is 0 Å². The maximum absolute atomic E-state index is 13.8. The number of aromatic nitrogens is 1. The number of hydrogen-bond acceptors (Lipinski definition) is 8. The van der Waals surface area contributed by atoms with E-state index in [-0.39, 0.29) is 31.2 Å². The lowest BCUT2D eigenvalue weighted by atomic mass is 9.77. The number of nitrogens with one attached hydrogen (secondary N) is 3. The molecule has 4 N–H and O–H groups in total. The highest BCUT2D eigenvalue weighted by Gasteiger charge is 2.37. The first-order valence-electron chi connectivity index (χ1n) is 16.9. The number of methoxy groups -OCH3 is 1. The maximum atomic E-state index is 13.8. The number of aliphatic hydroxyl groups excluding tert-OH is 1. The maximum Gasteiger partial charge on any atom is 0.407 e. The number of carbonyl (C=O) groups excluding carboxylic acids is 4. The van der Waals surface area contributed by atoms with Gasteiger partial charge in [0.25, 0.3) is 5.91 Å². The monoisotopic (exact) mass is 687 g/mol. The first-order valence-corrected chi connectivity index (χ1v) is 16.9. The molecule has 1 unspecified atom stereocenters. The summed E-state index contributed by atoms with van der Waals surface area (Å²) in [7, 11) is 1.23. The highest BCUT2D eigenvalue weighted by Crippen LogP contribution is 2.30. The second-order valence-electron chi connectivity index (χ2n) is 14.9. The van der Waals surface area contributed by atoms with Gasteiger partial charge in [-0.25, -0.2) is 9.80 Å². The summed E-state index contributed by atoms with van der Waals surface area (Å²) in [5.41, 5.74) is 5.20. The van der Waals surface area contributed by atoms with Gasteiger partial charge >= 0.3 is 6.09 Å². The molecule has 0 saturated heterocycles. The van der Waals surface area contributed by atoms with E-state index in [1.807, 2.05) is 114 Å². The van der Waals surface area contributed by atoms with Crippen LogP contribution in [0.2, 0.25) is 0 Å². The molecule has 3 aromatic rings. The van der Waals surface area contributed by atoms with Gasteiger partial charge < -0.3 is 25.3 Å². The number of nitrogens with zero attached hydrogens (tertiary/aromatic N) is 2. The van der Waals surface area contributed by atoms with E-state index in [0.717, 1.165) is 22.4 Å². The van der Waals surface area contributed by atoms with Crippen LogP contribution >= 0.6 is 0 Å². The molecular weight excluding hydrogens is 634 g/mol. The summed E-state index contributed by atoms with van der Waals surface area (Å²) in [6.07, 6.45) is 0.194. The summed E-state index contributed by atoms with van der Waals surface area (Å²) in [6, 6.07) is 21.1. The highest BCUT2D eigenvalue weighted by molar-refractivity contribution is 5.87. The second kappa shape index (κ2) is 17.9. The normalized spacial score (nSPS) is 14.2. The Hall–Kier alpha value is -4.61. The largest absolute Gasteiger partial charge is 0.453 e. The van der Waals surface area contributed by atoms with Crippen molar-refractivity contribution in [3.8, 4) is 11.3 Å². The van der Waals surface area contributed by atoms with Gasteiger partial charge in [0.2, 0.25) is 5.91 Å². The number of alkyl carbamates (subject to hydrolysis) is 1. The van der Waals surface area contributed by atoms with Gasteiger partial charge in [-0.1, -0.05) is 102 Å². The lowest BCUT2D eigenvalue weighted by Crippen LogP contribution is -2.59. The number of pyridine rings is 1. The number of hydrogen-bond donors (Lipinski definition) is 4. The molecule has 1 heterocycles. The minimum atomic E-state index is -1.16. The van der Waals surface area contributed by atoms with Crippen LogP contribution in [0.4, 0.5) is 4.79 Å². The van der Waals surface area contributed by atoms with E-state index in [1.165, 1.54) is 14.0 Å². The average molecular weight is 688 g/mol. The van der Waals surface area contributed by atoms with E-state index < -0.39 is 46.9 Å². The van der Waals surface area contributed by atoms with Gasteiger partial charge in [-0.3, -0.25) is 20.0 Å². The SMILES string of the molecule is COC(=O)N[C@@H](C(=O)NN(Cc1ccc(-c2ccccn2)cc1)C[C@H](O)C(Cc1ccccc1)NC(=O)[C@H](CC(C)=O)C(C)(C)C)C(C)(C)C. The Morgan fingerprint density at radius 1 is 0.820 bits per heavy atom. The number of carbonyl (C=O) groups is 4. The third-order valence-corrected chi connectivity index (χ3v) is 8.48. The first kappa shape index (κ1) is 39.8. The van der Waals surface area contributed by atoms with E-state index in [9.17, 15) is 24.3 Å². The first-order chi connectivity index (χ1) is 23.5. The summed E-state index contributed by atoms with van der Waals surface area (Å²) in [5.74, 6) is -1.55. The van der Waals surface area contributed by atoms with Crippen LogP contribution in [-0.2, 0) is 32.1 Å². The summed E-state index contributed by atoms with van der Waals surface area (Å²) in [6.45, 7) is 12.8. The molecule has 1 aromatic heterocycles. The van der Waals surface area contributed by atoms with Gasteiger partial charge in [0.05, 0.1) is 24.9 Å². The van der Waals surface area contributed by atoms with Crippen LogP contribution in [0, 0.1) is 16.7 Å². The van der Waals surface area contributed by atoms with Crippen molar-refractivity contribution in [3.63, 3.8) is 0 Å². The molecule has 0 radical (unpaired) electrons. The number of aliphatic hydroxyl groups is 1. The molecule has 0 spiro atoms. The summed E-state index contributed by atoms with van der Waals surface area (Å²) in [5, 5.41) is 19.1. The molecule has 270 valence electrons. The number of amides is 3. The van der Waals surface area contributed by atoms with Crippen LogP contribution < -0.4 is 16.1 Å². The molecule has 0 aliphatic carbocycles. The Bertz CT molecular complexity index is 1550. The van der Waals surface area contributed by atoms with Gasteiger partial charge in [0, 0.05) is 37.2 Å². The molecule has 3 rings (SSSR count). The predicted molar refractivity (Wildman–Crippen MR) is 193 cm³/mol. The fraction of sp³-hybridized carbons (Fsp3) is 0.462. The Morgan fingerprint density at radius 2 is 1.46 bits per heavy atom. The number of Topliss-reactive ketones (excluding diaryl/α,β-unsaturated/α-hetero) is 1. The minimum Gasteiger partial charge on any atom is -0.453 e. The Labute approximate surface area is 296 Å². The third kappa shape index (κ3) is 12.4. The van der Waals surface area contributed by atoms with Crippen LogP contribution in [0.5, 0.6) is 0 Å². The molecule has 11 heteroatoms. The van der Waals surface area contributed by atoms with E-state index in [2.05, 4.69) is 21.0 Å². The molecule has 2 aromatic carbocycles. The van der Waals surface area contributed by atoms with Gasteiger partial charge in [-0.2, -0.15) is 0 Å². The topological polar surface area (TPSA) is 150 Å². The molecule has 0 fully saturated rings. The predicted octanol–water partition coefficient (Wildman–Crippen LogP) is 5.08. The van der Waals surface area contributed by atoms with Gasteiger partial charge in [-0.15, -0.1) is 0 Å². The second-order valence-corrected chi connectivity index (χ2v) is 14.9. The zero-order chi connectivity index (χ0) is 37.1. The molecule has 0 aliphatic rings. The molecule has 11 nitrogen and oxygen atoms in total. The summed E-state index contributed by atoms with van der Waals surface area (Å²) in [4.78, 5) is 56.3. The number of hydrazine groups is 1. The Kier molecular flexibility index (Phi) is 14.2. The van der Waals surface area contributed by atoms with Crippen molar-refractivity contribution in [2.24, 2.45) is 16.7 Å². The molecule has 0 saturated carbocycles. The molecule has 0 bridgehead atoms. The van der Waals surface area contributed by atoms with Crippen LogP contribution in [0.1, 0.15) is 66.0 Å². The standard InChI is InChI=1S/C39H53N5O6/c1-26(45)22-30(38(2,3)4)35(47)41-32(23-27-14-10-9-11-15-27)33(46)25-44(43-36(48)34(39(5,6)7)42-37(49)50-8)24-28-17-19-29(20-18-28)31-16-12-13-21-40-31/h9-21,30,32-34,46H,22-25H2,1-8H3,(H,41,47)(H,42,49)(H,43,48)/t30-,32?,33-,34-/m0/s1. The van der Waals surface area contributed by atoms with E-state index in [0.29, 0.717) is 6.42 Å². The Morgan fingerprint density at radius 3 is 2.00 bits per heavy atom. The van der Waals surface area contributed by atoms with Crippen LogP contribution in [0.15, 0.2) is 79.0 Å². The van der Waals surface area contributed by atoms with Crippen LogP contribution in [0.3, 0.4) is 0 Å². The quantitative estimate of drug-likeness (QED) is 0.162. The number of ether oxygens (including phenoxy) is 1. The number of benzene rings is 2. The van der Waals surface area contributed by atoms with Crippen molar-refractivity contribution in [1.82, 2.24) is 26.1 Å². The number of ketones is 1. The van der Waals surface area contributed by atoms with Crippen molar-refractivity contribution in [2.45, 2.75) is 86.0 Å². The highest BCUT2D eigenvalue weighted by atomic mass is 16.5. The zero-order valence-corrected chi connectivity index (χ0v) is 30.5. The Balaban J connectivity index is 1.95. The molecular formula is C39H53N5O6. The minimum absolute atomic E-state index is 0.0710. The lowest BCUT2D eigenvalue weighted by Gasteiger charge is -2.35. The fourth-order valence-corrected chi connectivity index (χ4v) is 5.62. The fourth-order valence-electron chi connectivity index (χ4n) is 5.62. The average Bonchev–Trinajstić information content (AvgIpc) is 3.05. The smallest absolute Gasteiger partial charge is 0.407 e. The van der Waals surface area contributed by atoms with Crippen molar-refractivity contribution in [3.05, 3.63) is 90.1 Å². The third-order valence-electron chi connectivity index (χ3n) is 8.48. The van der Waals surface area contributed by atoms with Crippen LogP contribution in [-0.4, -0.2) is 70.6 Å². The van der Waals surface area contributed by atoms with Crippen molar-refractivity contribution >= 4 is 23.7 Å². The van der Waals surface area contributed by atoms with Crippen molar-refractivity contribution < 1.29 is 29.0 Å². The van der Waals surface area contributed by atoms with E-state index in [1.54, 1.807) is 11.2 Å². The molecule has 50 heavy (non-hydrogen) atoms. The summed E-state index contributed by atoms with van der Waals surface area (Å²) < 4.78 is 4.78. The summed E-state index contributed by atoms with van der Waals surface area (Å²) >= 11 is 0. The number of rotatable bonds is 15. The molecule has 0 aliphatic heterocycles. The molecule has 3 amide bonds. The molecule has 4 atom stereocenters. The van der Waals surface area contributed by atoms with Gasteiger partial charge in [-0.05, 0) is 47.4 Å².